The molecule has 0 aliphatic carbocycles. The Morgan fingerprint density at radius 2 is 1.57 bits per heavy atom. The Labute approximate surface area is 167 Å². The van der Waals surface area contributed by atoms with Crippen LogP contribution in [0, 0.1) is 27.7 Å². The van der Waals surface area contributed by atoms with E-state index in [1.54, 1.807) is 18.9 Å². The van der Waals surface area contributed by atoms with Gasteiger partial charge in [0.2, 0.25) is 5.91 Å². The van der Waals surface area contributed by atoms with Crippen LogP contribution in [0.1, 0.15) is 42.0 Å². The summed E-state index contributed by atoms with van der Waals surface area (Å²) in [6.07, 6.45) is 0.123. The van der Waals surface area contributed by atoms with Gasteiger partial charge in [0.1, 0.15) is 5.75 Å². The van der Waals surface area contributed by atoms with E-state index in [4.69, 9.17) is 9.47 Å². The molecule has 2 aromatic rings. The zero-order valence-corrected chi connectivity index (χ0v) is 17.6. The van der Waals surface area contributed by atoms with Crippen molar-refractivity contribution in [1.82, 2.24) is 0 Å². The monoisotopic (exact) mass is 383 g/mol. The molecule has 28 heavy (non-hydrogen) atoms. The third-order valence-corrected chi connectivity index (χ3v) is 4.61. The zero-order valence-electron chi connectivity index (χ0n) is 17.6. The number of nitrogens with zero attached hydrogens (tertiary/aromatic N) is 1. The predicted molar refractivity (Wildman–Crippen MR) is 111 cm³/mol. The second kappa shape index (κ2) is 9.40. The summed E-state index contributed by atoms with van der Waals surface area (Å²) in [7, 11) is 1.60. The lowest BCUT2D eigenvalue weighted by Gasteiger charge is -2.28. The Balaban J connectivity index is 2.54. The fourth-order valence-corrected chi connectivity index (χ4v) is 3.42. The Kier molecular flexibility index (Phi) is 7.21. The van der Waals surface area contributed by atoms with Gasteiger partial charge in [-0.15, -0.1) is 0 Å². The van der Waals surface area contributed by atoms with E-state index in [0.717, 1.165) is 33.6 Å². The molecule has 150 valence electrons. The molecule has 0 heterocycles. The van der Waals surface area contributed by atoms with Crippen molar-refractivity contribution >= 4 is 23.3 Å². The first-order valence-electron chi connectivity index (χ1n) is 9.49. The van der Waals surface area contributed by atoms with Crippen molar-refractivity contribution in [2.75, 3.05) is 18.6 Å². The lowest BCUT2D eigenvalue weighted by molar-refractivity contribution is -0.144. The van der Waals surface area contributed by atoms with Gasteiger partial charge in [-0.25, -0.2) is 0 Å². The molecule has 0 saturated heterocycles. The summed E-state index contributed by atoms with van der Waals surface area (Å²) in [6, 6.07) is 9.77. The van der Waals surface area contributed by atoms with Gasteiger partial charge in [0, 0.05) is 12.5 Å². The molecular formula is C23H29NO4. The molecule has 0 unspecified atom stereocenters. The largest absolute Gasteiger partial charge is 0.497 e. The van der Waals surface area contributed by atoms with Gasteiger partial charge in [0.25, 0.3) is 0 Å². The molecule has 5 heteroatoms. The maximum atomic E-state index is 13.3. The fraction of sp³-hybridized carbons (Fsp3) is 0.391. The van der Waals surface area contributed by atoms with E-state index in [0.29, 0.717) is 12.4 Å². The second-order valence-electron chi connectivity index (χ2n) is 6.93. The number of carbonyl (C=O) groups excluding carboxylic acids is 2. The van der Waals surface area contributed by atoms with Crippen LogP contribution >= 0.6 is 0 Å². The van der Waals surface area contributed by atoms with E-state index >= 15 is 0 Å². The van der Waals surface area contributed by atoms with Crippen molar-refractivity contribution in [2.45, 2.75) is 47.5 Å². The first-order valence-corrected chi connectivity index (χ1v) is 9.49. The quantitative estimate of drug-likeness (QED) is 0.636. The normalized spacial score (nSPS) is 10.5. The van der Waals surface area contributed by atoms with Crippen molar-refractivity contribution < 1.29 is 19.1 Å². The number of benzene rings is 2. The van der Waals surface area contributed by atoms with Crippen LogP contribution < -0.4 is 9.64 Å². The molecule has 0 aliphatic rings. The number of rotatable bonds is 7. The highest BCUT2D eigenvalue weighted by Crippen LogP contribution is 2.36. The van der Waals surface area contributed by atoms with Crippen molar-refractivity contribution in [3.05, 3.63) is 52.6 Å². The van der Waals surface area contributed by atoms with E-state index in [1.807, 2.05) is 45.9 Å². The van der Waals surface area contributed by atoms with E-state index in [2.05, 4.69) is 12.1 Å². The van der Waals surface area contributed by atoms with E-state index < -0.39 is 0 Å². The molecule has 2 aromatic carbocycles. The highest BCUT2D eigenvalue weighted by atomic mass is 16.5. The molecule has 0 aromatic heterocycles. The first-order chi connectivity index (χ1) is 13.3. The van der Waals surface area contributed by atoms with Gasteiger partial charge in [-0.2, -0.15) is 0 Å². The average Bonchev–Trinajstić information content (AvgIpc) is 2.63. The van der Waals surface area contributed by atoms with Gasteiger partial charge in [-0.05, 0) is 57.4 Å². The van der Waals surface area contributed by atoms with Gasteiger partial charge in [-0.3, -0.25) is 14.5 Å². The Morgan fingerprint density at radius 1 is 0.929 bits per heavy atom. The highest BCUT2D eigenvalue weighted by molar-refractivity contribution is 6.03. The lowest BCUT2D eigenvalue weighted by Crippen LogP contribution is -2.28. The van der Waals surface area contributed by atoms with Crippen LogP contribution in [0.5, 0.6) is 5.75 Å². The first kappa shape index (κ1) is 21.5. The number of anilines is 2. The number of amides is 1. The maximum Gasteiger partial charge on any atom is 0.306 e. The molecule has 2 rings (SSSR count). The topological polar surface area (TPSA) is 55.8 Å². The number of esters is 1. The summed E-state index contributed by atoms with van der Waals surface area (Å²) in [4.78, 5) is 26.8. The van der Waals surface area contributed by atoms with Gasteiger partial charge in [-0.1, -0.05) is 23.8 Å². The Bertz CT molecular complexity index is 850. The number of hydrogen-bond acceptors (Lipinski definition) is 4. The molecule has 0 radical (unpaired) electrons. The maximum absolute atomic E-state index is 13.3. The summed E-state index contributed by atoms with van der Waals surface area (Å²) in [5, 5.41) is 0. The number of aryl methyl sites for hydroxylation is 4. The lowest BCUT2D eigenvalue weighted by atomic mass is 10.0. The summed E-state index contributed by atoms with van der Waals surface area (Å²) in [5.41, 5.74) is 5.69. The van der Waals surface area contributed by atoms with Crippen molar-refractivity contribution in [1.29, 1.82) is 0 Å². The Morgan fingerprint density at radius 3 is 2.14 bits per heavy atom. The summed E-state index contributed by atoms with van der Waals surface area (Å²) >= 11 is 0. The molecule has 0 fully saturated rings. The third-order valence-electron chi connectivity index (χ3n) is 4.61. The smallest absolute Gasteiger partial charge is 0.306 e. The van der Waals surface area contributed by atoms with Crippen LogP contribution in [0.4, 0.5) is 11.4 Å². The SMILES string of the molecule is CCOC(=O)CCC(=O)N(c1cc(OC)ccc1C)c1c(C)cc(C)cc1C. The van der Waals surface area contributed by atoms with Crippen molar-refractivity contribution in [3.63, 3.8) is 0 Å². The van der Waals surface area contributed by atoms with Crippen molar-refractivity contribution in [3.8, 4) is 5.75 Å². The fourth-order valence-electron chi connectivity index (χ4n) is 3.42. The number of methoxy groups -OCH3 is 1. The van der Waals surface area contributed by atoms with Crippen LogP contribution in [0.3, 0.4) is 0 Å². The number of ether oxygens (including phenoxy) is 2. The van der Waals surface area contributed by atoms with E-state index in [9.17, 15) is 9.59 Å². The molecule has 5 nitrogen and oxygen atoms in total. The number of carbonyl (C=O) groups is 2. The molecule has 0 saturated carbocycles. The minimum atomic E-state index is -0.365. The van der Waals surface area contributed by atoms with Crippen LogP contribution in [-0.4, -0.2) is 25.6 Å². The molecule has 1 amide bonds. The molecular weight excluding hydrogens is 354 g/mol. The van der Waals surface area contributed by atoms with Crippen molar-refractivity contribution in [2.24, 2.45) is 0 Å². The van der Waals surface area contributed by atoms with E-state index in [1.165, 1.54) is 0 Å². The van der Waals surface area contributed by atoms with Crippen LogP contribution in [0.25, 0.3) is 0 Å². The molecule has 0 bridgehead atoms. The standard InChI is InChI=1S/C23H29NO4/c1-7-28-22(26)11-10-21(25)24(20-14-19(27-6)9-8-16(20)3)23-17(4)12-15(2)13-18(23)5/h8-9,12-14H,7,10-11H2,1-6H3. The molecule has 0 spiro atoms. The van der Waals surface area contributed by atoms with E-state index in [-0.39, 0.29) is 24.7 Å². The van der Waals surface area contributed by atoms with Crippen LogP contribution in [-0.2, 0) is 14.3 Å². The van der Waals surface area contributed by atoms with Gasteiger partial charge < -0.3 is 9.47 Å². The Hall–Kier alpha value is -2.82. The number of hydrogen-bond donors (Lipinski definition) is 0. The summed E-state index contributed by atoms with van der Waals surface area (Å²) in [5.74, 6) is 0.154. The third kappa shape index (κ3) is 4.91. The molecule has 0 aliphatic heterocycles. The second-order valence-corrected chi connectivity index (χ2v) is 6.93. The highest BCUT2D eigenvalue weighted by Gasteiger charge is 2.24. The molecule has 0 N–H and O–H groups in total. The average molecular weight is 383 g/mol. The molecule has 0 atom stereocenters. The van der Waals surface area contributed by atoms with Gasteiger partial charge >= 0.3 is 5.97 Å². The van der Waals surface area contributed by atoms with Gasteiger partial charge in [0.15, 0.2) is 0 Å². The van der Waals surface area contributed by atoms with Crippen LogP contribution in [0.15, 0.2) is 30.3 Å². The van der Waals surface area contributed by atoms with Crippen LogP contribution in [0.2, 0.25) is 0 Å². The predicted octanol–water partition coefficient (Wildman–Crippen LogP) is 4.94. The minimum Gasteiger partial charge on any atom is -0.497 e. The summed E-state index contributed by atoms with van der Waals surface area (Å²) < 4.78 is 10.4. The zero-order chi connectivity index (χ0) is 20.8. The summed E-state index contributed by atoms with van der Waals surface area (Å²) in [6.45, 7) is 10.0. The van der Waals surface area contributed by atoms with Gasteiger partial charge in [0.05, 0.1) is 31.5 Å². The minimum absolute atomic E-state index is 0.0517.